The molecule has 0 saturated carbocycles. The van der Waals surface area contributed by atoms with E-state index in [9.17, 15) is 4.79 Å². The second-order valence-corrected chi connectivity index (χ2v) is 8.11. The van der Waals surface area contributed by atoms with E-state index in [-0.39, 0.29) is 12.0 Å². The monoisotopic (exact) mass is 369 g/mol. The van der Waals surface area contributed by atoms with Crippen LogP contribution in [-0.4, -0.2) is 98.4 Å². The van der Waals surface area contributed by atoms with Crippen molar-refractivity contribution in [3.63, 3.8) is 0 Å². The predicted octanol–water partition coefficient (Wildman–Crippen LogP) is 1.84. The number of hydrogen-bond donors (Lipinski definition) is 0. The molecule has 2 aliphatic heterocycles. The molecule has 152 valence electrons. The van der Waals surface area contributed by atoms with Crippen LogP contribution < -0.4 is 0 Å². The summed E-state index contributed by atoms with van der Waals surface area (Å²) in [6.07, 6.45) is 4.40. The van der Waals surface area contributed by atoms with Crippen molar-refractivity contribution in [3.05, 3.63) is 0 Å². The van der Waals surface area contributed by atoms with E-state index in [2.05, 4.69) is 37.6 Å². The highest BCUT2D eigenvalue weighted by Crippen LogP contribution is 2.15. The molecule has 2 unspecified atom stereocenters. The normalized spacial score (nSPS) is 24.0. The maximum absolute atomic E-state index is 11.6. The Morgan fingerprint density at radius 3 is 2.58 bits per heavy atom. The lowest BCUT2D eigenvalue weighted by atomic mass is 10.1. The third kappa shape index (κ3) is 7.51. The van der Waals surface area contributed by atoms with Gasteiger partial charge in [0.25, 0.3) is 0 Å². The molecule has 0 aromatic heterocycles. The van der Waals surface area contributed by atoms with Crippen molar-refractivity contribution in [2.75, 3.05) is 59.5 Å². The van der Waals surface area contributed by atoms with Gasteiger partial charge in [0.15, 0.2) is 0 Å². The number of likely N-dealkylation sites (tertiary alicyclic amines) is 1. The molecule has 2 aliphatic rings. The highest BCUT2D eigenvalue weighted by Gasteiger charge is 2.26. The van der Waals surface area contributed by atoms with Gasteiger partial charge in [0.1, 0.15) is 0 Å². The van der Waals surface area contributed by atoms with Gasteiger partial charge in [-0.1, -0.05) is 0 Å². The lowest BCUT2D eigenvalue weighted by Crippen LogP contribution is -2.52. The second-order valence-electron chi connectivity index (χ2n) is 8.11. The van der Waals surface area contributed by atoms with E-state index in [1.54, 1.807) is 0 Å². The van der Waals surface area contributed by atoms with E-state index in [4.69, 9.17) is 9.47 Å². The molecule has 0 aromatic rings. The average Bonchev–Trinajstić information content (AvgIpc) is 2.99. The van der Waals surface area contributed by atoms with Gasteiger partial charge < -0.3 is 24.2 Å². The summed E-state index contributed by atoms with van der Waals surface area (Å²) in [5.74, 6) is 0.283. The van der Waals surface area contributed by atoms with Crippen LogP contribution in [0.1, 0.15) is 46.5 Å². The number of piperazine rings is 1. The Hall–Kier alpha value is -0.690. The number of hydrogen-bond acceptors (Lipinski definition) is 5. The number of likely N-dealkylation sites (N-methyl/N-ethyl adjacent to an activating group) is 1. The van der Waals surface area contributed by atoms with Crippen molar-refractivity contribution in [1.82, 2.24) is 14.7 Å². The molecule has 0 N–H and O–H groups in total. The average molecular weight is 370 g/mol. The minimum atomic E-state index is 0.226. The summed E-state index contributed by atoms with van der Waals surface area (Å²) in [5, 5.41) is 0. The van der Waals surface area contributed by atoms with Crippen molar-refractivity contribution < 1.29 is 14.3 Å². The van der Waals surface area contributed by atoms with Crippen LogP contribution in [0.4, 0.5) is 0 Å². The van der Waals surface area contributed by atoms with Crippen LogP contribution in [0.5, 0.6) is 0 Å². The van der Waals surface area contributed by atoms with E-state index >= 15 is 0 Å². The van der Waals surface area contributed by atoms with Crippen molar-refractivity contribution >= 4 is 5.91 Å². The third-order valence-corrected chi connectivity index (χ3v) is 5.47. The Bertz CT molecular complexity index is 419. The molecule has 1 amide bonds. The first-order valence-electron chi connectivity index (χ1n) is 10.4. The largest absolute Gasteiger partial charge is 0.379 e. The fourth-order valence-electron chi connectivity index (χ4n) is 3.83. The lowest BCUT2D eigenvalue weighted by molar-refractivity contribution is -0.128. The quantitative estimate of drug-likeness (QED) is 0.520. The van der Waals surface area contributed by atoms with Crippen LogP contribution in [0.15, 0.2) is 0 Å². The SMILES string of the molecule is CC(C)OCCCN1CCN(C)C(CC(C)OCCN2CCCC2=O)C1. The third-order valence-electron chi connectivity index (χ3n) is 5.47. The number of carbonyl (C=O) groups excluding carboxylic acids is 1. The van der Waals surface area contributed by atoms with E-state index in [0.29, 0.717) is 25.2 Å². The van der Waals surface area contributed by atoms with Crippen LogP contribution in [0.3, 0.4) is 0 Å². The molecular weight excluding hydrogens is 330 g/mol. The van der Waals surface area contributed by atoms with Gasteiger partial charge in [-0.2, -0.15) is 0 Å². The summed E-state index contributed by atoms with van der Waals surface area (Å²) in [4.78, 5) is 18.6. The molecule has 0 radical (unpaired) electrons. The van der Waals surface area contributed by atoms with Gasteiger partial charge in [-0.25, -0.2) is 0 Å². The Kier molecular flexibility index (Phi) is 9.33. The molecule has 6 heteroatoms. The summed E-state index contributed by atoms with van der Waals surface area (Å²) >= 11 is 0. The van der Waals surface area contributed by atoms with Crippen molar-refractivity contribution in [3.8, 4) is 0 Å². The highest BCUT2D eigenvalue weighted by atomic mass is 16.5. The molecule has 0 aliphatic carbocycles. The zero-order chi connectivity index (χ0) is 18.9. The number of carbonyl (C=O) groups is 1. The molecule has 0 aromatic carbocycles. The maximum atomic E-state index is 11.6. The Morgan fingerprint density at radius 2 is 1.88 bits per heavy atom. The molecule has 2 atom stereocenters. The van der Waals surface area contributed by atoms with Gasteiger partial charge in [-0.15, -0.1) is 0 Å². The smallest absolute Gasteiger partial charge is 0.222 e. The van der Waals surface area contributed by atoms with Gasteiger partial charge in [0.2, 0.25) is 5.91 Å². The molecule has 2 saturated heterocycles. The topological polar surface area (TPSA) is 45.2 Å². The highest BCUT2D eigenvalue weighted by molar-refractivity contribution is 5.77. The minimum absolute atomic E-state index is 0.226. The van der Waals surface area contributed by atoms with E-state index in [1.807, 2.05) is 4.90 Å². The Balaban J connectivity index is 1.63. The fraction of sp³-hybridized carbons (Fsp3) is 0.950. The van der Waals surface area contributed by atoms with Crippen molar-refractivity contribution in [2.45, 2.75) is 64.7 Å². The minimum Gasteiger partial charge on any atom is -0.379 e. The van der Waals surface area contributed by atoms with Crippen molar-refractivity contribution in [2.24, 2.45) is 0 Å². The predicted molar refractivity (Wildman–Crippen MR) is 104 cm³/mol. The number of ether oxygens (including phenoxy) is 2. The first kappa shape index (κ1) is 21.6. The fourth-order valence-corrected chi connectivity index (χ4v) is 3.83. The van der Waals surface area contributed by atoms with Gasteiger partial charge in [0.05, 0.1) is 18.8 Å². The molecule has 0 bridgehead atoms. The Labute approximate surface area is 159 Å². The summed E-state index contributed by atoms with van der Waals surface area (Å²) in [6.45, 7) is 14.0. The van der Waals surface area contributed by atoms with Crippen LogP contribution in [-0.2, 0) is 14.3 Å². The molecule has 26 heavy (non-hydrogen) atoms. The summed E-state index contributed by atoms with van der Waals surface area (Å²) in [6, 6.07) is 0.540. The van der Waals surface area contributed by atoms with Gasteiger partial charge in [-0.05, 0) is 47.1 Å². The number of rotatable bonds is 11. The van der Waals surface area contributed by atoms with Crippen LogP contribution in [0.2, 0.25) is 0 Å². The number of amides is 1. The van der Waals surface area contributed by atoms with E-state index in [0.717, 1.165) is 65.1 Å². The standard InChI is InChI=1S/C20H39N3O3/c1-17(2)25-13-6-8-22-11-10-21(4)19(16-22)15-18(3)26-14-12-23-9-5-7-20(23)24/h17-19H,5-16H2,1-4H3. The van der Waals surface area contributed by atoms with Crippen LogP contribution in [0.25, 0.3) is 0 Å². The van der Waals surface area contributed by atoms with Gasteiger partial charge >= 0.3 is 0 Å². The number of nitrogens with zero attached hydrogens (tertiary/aromatic N) is 3. The lowest BCUT2D eigenvalue weighted by Gasteiger charge is -2.40. The van der Waals surface area contributed by atoms with Crippen molar-refractivity contribution in [1.29, 1.82) is 0 Å². The molecule has 2 heterocycles. The zero-order valence-electron chi connectivity index (χ0n) is 17.3. The van der Waals surface area contributed by atoms with Gasteiger partial charge in [-0.3, -0.25) is 4.79 Å². The molecular formula is C20H39N3O3. The first-order chi connectivity index (χ1) is 12.5. The second kappa shape index (κ2) is 11.2. The van der Waals surface area contributed by atoms with Gasteiger partial charge in [0, 0.05) is 58.3 Å². The summed E-state index contributed by atoms with van der Waals surface area (Å²) in [7, 11) is 2.22. The van der Waals surface area contributed by atoms with E-state index in [1.165, 1.54) is 0 Å². The zero-order valence-corrected chi connectivity index (χ0v) is 17.3. The van der Waals surface area contributed by atoms with Crippen LogP contribution in [0, 0.1) is 0 Å². The van der Waals surface area contributed by atoms with Crippen LogP contribution >= 0.6 is 0 Å². The van der Waals surface area contributed by atoms with E-state index < -0.39 is 0 Å². The molecule has 0 spiro atoms. The molecule has 6 nitrogen and oxygen atoms in total. The molecule has 2 rings (SSSR count). The Morgan fingerprint density at radius 1 is 1.08 bits per heavy atom. The maximum Gasteiger partial charge on any atom is 0.222 e. The first-order valence-corrected chi connectivity index (χ1v) is 10.4. The molecule has 2 fully saturated rings. The summed E-state index contributed by atoms with van der Waals surface area (Å²) < 4.78 is 11.7. The summed E-state index contributed by atoms with van der Waals surface area (Å²) in [5.41, 5.74) is 0.